The van der Waals surface area contributed by atoms with Crippen molar-refractivity contribution in [2.75, 3.05) is 19.2 Å². The first-order valence-corrected chi connectivity index (χ1v) is 8.73. The molecule has 0 radical (unpaired) electrons. The first kappa shape index (κ1) is 19.2. The van der Waals surface area contributed by atoms with E-state index in [-0.39, 0.29) is 24.6 Å². The van der Waals surface area contributed by atoms with Gasteiger partial charge in [0, 0.05) is 18.5 Å². The molecule has 1 atom stereocenters. The van der Waals surface area contributed by atoms with Crippen LogP contribution >= 0.6 is 0 Å². The van der Waals surface area contributed by atoms with E-state index in [1.165, 1.54) is 5.01 Å². The molecule has 0 aromatic heterocycles. The summed E-state index contributed by atoms with van der Waals surface area (Å²) >= 11 is 0. The van der Waals surface area contributed by atoms with Gasteiger partial charge in [0.15, 0.2) is 0 Å². The van der Waals surface area contributed by atoms with Crippen LogP contribution in [0.25, 0.3) is 0 Å². The first-order valence-electron chi connectivity index (χ1n) is 8.73. The Labute approximate surface area is 162 Å². The zero-order valence-corrected chi connectivity index (χ0v) is 15.7. The van der Waals surface area contributed by atoms with Gasteiger partial charge in [-0.1, -0.05) is 18.2 Å². The first-order chi connectivity index (χ1) is 13.5. The number of anilines is 1. The highest BCUT2D eigenvalue weighted by Gasteiger charge is 2.34. The third kappa shape index (κ3) is 4.06. The van der Waals surface area contributed by atoms with Crippen LogP contribution in [0.5, 0.6) is 11.5 Å². The minimum atomic E-state index is -0.700. The number of benzene rings is 2. The third-order valence-electron chi connectivity index (χ3n) is 4.45. The Kier molecular flexibility index (Phi) is 5.78. The van der Waals surface area contributed by atoms with Gasteiger partial charge in [0.05, 0.1) is 19.9 Å². The molecule has 2 aromatic carbocycles. The molecule has 28 heavy (non-hydrogen) atoms. The number of primary amides is 1. The predicted molar refractivity (Wildman–Crippen MR) is 105 cm³/mol. The van der Waals surface area contributed by atoms with Gasteiger partial charge in [0.2, 0.25) is 5.91 Å². The van der Waals surface area contributed by atoms with Crippen molar-refractivity contribution in [1.82, 2.24) is 5.32 Å². The molecule has 1 heterocycles. The Balaban J connectivity index is 1.75. The number of para-hydroxylation sites is 1. The number of rotatable bonds is 7. The molecule has 0 unspecified atom stereocenters. The van der Waals surface area contributed by atoms with Crippen LogP contribution in [-0.4, -0.2) is 37.8 Å². The molecule has 0 aliphatic carbocycles. The fraction of sp³-hybridized carbons (Fsp3) is 0.250. The summed E-state index contributed by atoms with van der Waals surface area (Å²) in [5, 5.41) is 8.63. The Hall–Kier alpha value is -3.55. The van der Waals surface area contributed by atoms with Crippen LogP contribution in [0.1, 0.15) is 12.0 Å². The average Bonchev–Trinajstić information content (AvgIpc) is 3.18. The maximum atomic E-state index is 12.6. The van der Waals surface area contributed by atoms with Gasteiger partial charge in [0.1, 0.15) is 23.3 Å². The average molecular weight is 382 g/mol. The van der Waals surface area contributed by atoms with E-state index in [1.54, 1.807) is 44.6 Å². The zero-order chi connectivity index (χ0) is 20.1. The van der Waals surface area contributed by atoms with E-state index >= 15 is 0 Å². The van der Waals surface area contributed by atoms with Crippen molar-refractivity contribution >= 4 is 23.2 Å². The Morgan fingerprint density at radius 3 is 2.57 bits per heavy atom. The van der Waals surface area contributed by atoms with Gasteiger partial charge in [-0.2, -0.15) is 5.10 Å². The maximum absolute atomic E-state index is 12.6. The standard InChI is InChI=1S/C20H22N4O4/c1-27-15-8-9-18(28-2)13(10-15)12-22-20(26)16-11-17(19(21)25)24(23-16)14-6-4-3-5-7-14/h3-10,17H,11-12H2,1-2H3,(H2,21,25)(H,22,26)/t17-/m1/s1. The Morgan fingerprint density at radius 2 is 1.93 bits per heavy atom. The fourth-order valence-corrected chi connectivity index (χ4v) is 2.99. The second-order valence-electron chi connectivity index (χ2n) is 6.21. The van der Waals surface area contributed by atoms with Crippen LogP contribution in [0, 0.1) is 0 Å². The molecular weight excluding hydrogens is 360 g/mol. The second kappa shape index (κ2) is 8.43. The van der Waals surface area contributed by atoms with Gasteiger partial charge in [-0.05, 0) is 30.3 Å². The second-order valence-corrected chi connectivity index (χ2v) is 6.21. The highest BCUT2D eigenvalue weighted by atomic mass is 16.5. The largest absolute Gasteiger partial charge is 0.497 e. The van der Waals surface area contributed by atoms with E-state index in [9.17, 15) is 9.59 Å². The quantitative estimate of drug-likeness (QED) is 0.754. The summed E-state index contributed by atoms with van der Waals surface area (Å²) in [4.78, 5) is 24.5. The lowest BCUT2D eigenvalue weighted by atomic mass is 10.1. The van der Waals surface area contributed by atoms with Crippen molar-refractivity contribution in [1.29, 1.82) is 0 Å². The molecule has 0 fully saturated rings. The summed E-state index contributed by atoms with van der Waals surface area (Å²) in [6.45, 7) is 0.227. The number of nitrogens with zero attached hydrogens (tertiary/aromatic N) is 2. The fourth-order valence-electron chi connectivity index (χ4n) is 2.99. The number of carbonyl (C=O) groups excluding carboxylic acids is 2. The number of nitrogens with two attached hydrogens (primary N) is 1. The van der Waals surface area contributed by atoms with E-state index in [0.29, 0.717) is 17.2 Å². The van der Waals surface area contributed by atoms with Gasteiger partial charge in [-0.25, -0.2) is 0 Å². The van der Waals surface area contributed by atoms with Crippen LogP contribution in [0.4, 0.5) is 5.69 Å². The molecule has 1 aliphatic rings. The summed E-state index contributed by atoms with van der Waals surface area (Å²) < 4.78 is 10.5. The molecule has 8 heteroatoms. The number of ether oxygens (including phenoxy) is 2. The van der Waals surface area contributed by atoms with Crippen molar-refractivity contribution < 1.29 is 19.1 Å². The number of carbonyl (C=O) groups is 2. The smallest absolute Gasteiger partial charge is 0.267 e. The molecule has 0 spiro atoms. The summed E-state index contributed by atoms with van der Waals surface area (Å²) in [5.74, 6) is 0.391. The molecule has 2 aromatic rings. The van der Waals surface area contributed by atoms with Gasteiger partial charge >= 0.3 is 0 Å². The van der Waals surface area contributed by atoms with E-state index in [0.717, 1.165) is 5.56 Å². The minimum Gasteiger partial charge on any atom is -0.497 e. The van der Waals surface area contributed by atoms with Crippen molar-refractivity contribution in [3.8, 4) is 11.5 Å². The highest BCUT2D eigenvalue weighted by molar-refractivity contribution is 6.40. The maximum Gasteiger partial charge on any atom is 0.267 e. The number of methoxy groups -OCH3 is 2. The summed E-state index contributed by atoms with van der Waals surface area (Å²) in [7, 11) is 3.13. The van der Waals surface area contributed by atoms with E-state index in [1.807, 2.05) is 18.2 Å². The monoisotopic (exact) mass is 382 g/mol. The van der Waals surface area contributed by atoms with E-state index in [2.05, 4.69) is 10.4 Å². The van der Waals surface area contributed by atoms with Gasteiger partial charge < -0.3 is 20.5 Å². The highest BCUT2D eigenvalue weighted by Crippen LogP contribution is 2.25. The lowest BCUT2D eigenvalue weighted by Gasteiger charge is -2.20. The van der Waals surface area contributed by atoms with Crippen LogP contribution in [0.15, 0.2) is 53.6 Å². The molecule has 8 nitrogen and oxygen atoms in total. The third-order valence-corrected chi connectivity index (χ3v) is 4.45. The molecule has 3 rings (SSSR count). The predicted octanol–water partition coefficient (Wildman–Crippen LogP) is 1.44. The number of hydrazone groups is 1. The van der Waals surface area contributed by atoms with E-state index < -0.39 is 11.9 Å². The lowest BCUT2D eigenvalue weighted by Crippen LogP contribution is -2.39. The molecule has 1 aliphatic heterocycles. The molecule has 146 valence electrons. The molecule has 3 N–H and O–H groups in total. The van der Waals surface area contributed by atoms with E-state index in [4.69, 9.17) is 15.2 Å². The van der Waals surface area contributed by atoms with Gasteiger partial charge in [-0.3, -0.25) is 14.6 Å². The Morgan fingerprint density at radius 1 is 1.18 bits per heavy atom. The van der Waals surface area contributed by atoms with Crippen LogP contribution in [0.2, 0.25) is 0 Å². The topological polar surface area (TPSA) is 106 Å². The molecule has 0 saturated heterocycles. The van der Waals surface area contributed by atoms with Crippen LogP contribution < -0.4 is 25.5 Å². The Bertz CT molecular complexity index is 898. The number of nitrogens with one attached hydrogen (secondary N) is 1. The number of hydrogen-bond acceptors (Lipinski definition) is 6. The lowest BCUT2D eigenvalue weighted by molar-refractivity contribution is -0.119. The summed E-state index contributed by atoms with van der Waals surface area (Å²) in [5.41, 5.74) is 7.21. The SMILES string of the molecule is COc1ccc(OC)c(CNC(=O)C2=NN(c3ccccc3)[C@@H](C(N)=O)C2)c1. The van der Waals surface area contributed by atoms with Crippen molar-refractivity contribution in [3.63, 3.8) is 0 Å². The molecule has 0 saturated carbocycles. The summed E-state index contributed by atoms with van der Waals surface area (Å²) in [6.07, 6.45) is 0.144. The molecular formula is C20H22N4O4. The van der Waals surface area contributed by atoms with Gasteiger partial charge in [0.25, 0.3) is 5.91 Å². The van der Waals surface area contributed by atoms with Gasteiger partial charge in [-0.15, -0.1) is 0 Å². The normalized spacial score (nSPS) is 15.7. The van der Waals surface area contributed by atoms with Crippen molar-refractivity contribution in [3.05, 3.63) is 54.1 Å². The van der Waals surface area contributed by atoms with Crippen molar-refractivity contribution in [2.45, 2.75) is 19.0 Å². The molecule has 0 bridgehead atoms. The summed E-state index contributed by atoms with van der Waals surface area (Å²) in [6, 6.07) is 13.8. The zero-order valence-electron chi connectivity index (χ0n) is 15.7. The number of hydrogen-bond donors (Lipinski definition) is 2. The molecule has 2 amide bonds. The van der Waals surface area contributed by atoms with Crippen LogP contribution in [0.3, 0.4) is 0 Å². The van der Waals surface area contributed by atoms with Crippen LogP contribution in [-0.2, 0) is 16.1 Å². The minimum absolute atomic E-state index is 0.144. The van der Waals surface area contributed by atoms with Crippen molar-refractivity contribution in [2.24, 2.45) is 10.8 Å². The number of amides is 2.